The number of hydrogen-bond donors (Lipinski definition) is 1. The number of amides is 1. The van der Waals surface area contributed by atoms with Gasteiger partial charge in [-0.25, -0.2) is 20.0 Å². The molecule has 0 saturated carbocycles. The Kier molecular flexibility index (Phi) is 4.95. The molecular weight excluding hydrogens is 404 g/mol. The zero-order valence-electron chi connectivity index (χ0n) is 14.1. The molecule has 2 aromatic rings. The highest BCUT2D eigenvalue weighted by Gasteiger charge is 2.37. The Bertz CT molecular complexity index is 1020. The molecular formula is C17H9F6N5O. The highest BCUT2D eigenvalue weighted by molar-refractivity contribution is 6.26. The number of nitrogens with zero attached hydrogens (tertiary/aromatic N) is 4. The van der Waals surface area contributed by atoms with E-state index >= 15 is 0 Å². The van der Waals surface area contributed by atoms with Crippen LogP contribution in [0.4, 0.5) is 26.3 Å². The third kappa shape index (κ3) is 4.31. The van der Waals surface area contributed by atoms with Gasteiger partial charge in [-0.15, -0.1) is 0 Å². The number of carbonyl (C=O) groups is 1. The van der Waals surface area contributed by atoms with E-state index in [-0.39, 0.29) is 22.9 Å². The highest BCUT2D eigenvalue weighted by atomic mass is 19.4. The fourth-order valence-corrected chi connectivity index (χ4v) is 2.48. The number of hydrogen-bond acceptors (Lipinski definition) is 5. The number of aliphatic imine (C=N–C) groups is 2. The molecule has 1 aromatic heterocycles. The molecule has 12 heteroatoms. The van der Waals surface area contributed by atoms with Crippen molar-refractivity contribution in [3.05, 3.63) is 64.9 Å². The Hall–Kier alpha value is -3.57. The summed E-state index contributed by atoms with van der Waals surface area (Å²) < 4.78 is 78.2. The molecule has 3 rings (SSSR count). The maximum Gasteiger partial charge on any atom is 0.416 e. The molecule has 0 unspecified atom stereocenters. The van der Waals surface area contributed by atoms with Crippen molar-refractivity contribution in [3.8, 4) is 0 Å². The predicted molar refractivity (Wildman–Crippen MR) is 89.6 cm³/mol. The van der Waals surface area contributed by atoms with Gasteiger partial charge >= 0.3 is 12.4 Å². The zero-order valence-corrected chi connectivity index (χ0v) is 14.1. The third-order valence-corrected chi connectivity index (χ3v) is 3.73. The summed E-state index contributed by atoms with van der Waals surface area (Å²) in [6, 6.07) is 0.976. The van der Waals surface area contributed by atoms with Gasteiger partial charge in [-0.2, -0.15) is 26.3 Å². The molecule has 0 bridgehead atoms. The number of allylic oxidation sites excluding steroid dienone is 1. The van der Waals surface area contributed by atoms with Crippen molar-refractivity contribution >= 4 is 23.5 Å². The molecule has 1 aliphatic rings. The van der Waals surface area contributed by atoms with E-state index in [0.29, 0.717) is 12.1 Å². The lowest BCUT2D eigenvalue weighted by atomic mass is 10.0. The summed E-state index contributed by atoms with van der Waals surface area (Å²) in [7, 11) is 0. The van der Waals surface area contributed by atoms with Crippen molar-refractivity contribution in [2.45, 2.75) is 12.4 Å². The quantitative estimate of drug-likeness (QED) is 0.618. The summed E-state index contributed by atoms with van der Waals surface area (Å²) in [4.78, 5) is 26.8. The summed E-state index contributed by atoms with van der Waals surface area (Å²) in [6.07, 6.45) is -5.35. The van der Waals surface area contributed by atoms with E-state index in [1.54, 1.807) is 0 Å². The van der Waals surface area contributed by atoms with E-state index in [1.165, 1.54) is 18.7 Å². The minimum absolute atomic E-state index is 0.00434. The standard InChI is InChI=1S/C17H9F6N5O/c18-16(19,20)10-1-8(2-11(3-10)17(21,22)23)15-27-6-12(28-15)13(14(24)29)9-4-25-7-26-5-9/h1-7H,(H2,24,29). The van der Waals surface area contributed by atoms with Crippen molar-refractivity contribution in [2.24, 2.45) is 15.7 Å². The van der Waals surface area contributed by atoms with Crippen LogP contribution in [0.15, 0.2) is 52.6 Å². The SMILES string of the molecule is NC(=O)C(=C1C=NC(c2cc(C(F)(F)F)cc(C(F)(F)F)c2)=N1)c1cncnc1. The number of nitrogens with two attached hydrogens (primary N) is 1. The predicted octanol–water partition coefficient (Wildman–Crippen LogP) is 3.24. The van der Waals surface area contributed by atoms with Crippen LogP contribution in [0, 0.1) is 0 Å². The number of aromatic nitrogens is 2. The second-order valence-corrected chi connectivity index (χ2v) is 5.74. The van der Waals surface area contributed by atoms with Crippen LogP contribution in [0.5, 0.6) is 0 Å². The molecule has 1 aliphatic heterocycles. The van der Waals surface area contributed by atoms with Crippen LogP contribution in [0.2, 0.25) is 0 Å². The van der Waals surface area contributed by atoms with Gasteiger partial charge in [0.05, 0.1) is 28.6 Å². The van der Waals surface area contributed by atoms with Gasteiger partial charge in [0.15, 0.2) is 5.84 Å². The average molecular weight is 413 g/mol. The Labute approximate surface area is 158 Å². The summed E-state index contributed by atoms with van der Waals surface area (Å²) in [5.41, 5.74) is 1.60. The van der Waals surface area contributed by atoms with E-state index in [0.717, 1.165) is 6.21 Å². The van der Waals surface area contributed by atoms with Gasteiger partial charge in [0.25, 0.3) is 5.91 Å². The maximum atomic E-state index is 13.0. The van der Waals surface area contributed by atoms with Gasteiger partial charge in [0, 0.05) is 23.5 Å². The smallest absolute Gasteiger partial charge is 0.366 e. The molecule has 6 nitrogen and oxygen atoms in total. The van der Waals surface area contributed by atoms with Crippen LogP contribution in [0.3, 0.4) is 0 Å². The summed E-state index contributed by atoms with van der Waals surface area (Å²) >= 11 is 0. The summed E-state index contributed by atoms with van der Waals surface area (Å²) in [6.45, 7) is 0. The van der Waals surface area contributed by atoms with Crippen LogP contribution in [0.1, 0.15) is 22.3 Å². The molecule has 150 valence electrons. The second-order valence-electron chi connectivity index (χ2n) is 5.74. The third-order valence-electron chi connectivity index (χ3n) is 3.73. The van der Waals surface area contributed by atoms with Crippen molar-refractivity contribution < 1.29 is 31.1 Å². The first-order chi connectivity index (χ1) is 13.5. The fraction of sp³-hybridized carbons (Fsp3) is 0.118. The lowest BCUT2D eigenvalue weighted by Gasteiger charge is -2.13. The normalized spacial score (nSPS) is 16.0. The van der Waals surface area contributed by atoms with Gasteiger partial charge in [-0.3, -0.25) is 4.79 Å². The summed E-state index contributed by atoms with van der Waals surface area (Å²) in [5.74, 6) is -1.39. The first kappa shape index (κ1) is 20.2. The Morgan fingerprint density at radius 2 is 1.45 bits per heavy atom. The zero-order chi connectivity index (χ0) is 21.4. The molecule has 0 fully saturated rings. The van der Waals surface area contributed by atoms with Crippen LogP contribution in [-0.4, -0.2) is 27.9 Å². The molecule has 0 aliphatic carbocycles. The number of carbonyl (C=O) groups excluding carboxylic acids is 1. The van der Waals surface area contributed by atoms with Crippen molar-refractivity contribution in [1.29, 1.82) is 0 Å². The van der Waals surface area contributed by atoms with Crippen LogP contribution in [-0.2, 0) is 17.1 Å². The maximum absolute atomic E-state index is 13.0. The van der Waals surface area contributed by atoms with E-state index in [1.807, 2.05) is 0 Å². The minimum atomic E-state index is -5.02. The van der Waals surface area contributed by atoms with E-state index in [2.05, 4.69) is 20.0 Å². The first-order valence-corrected chi connectivity index (χ1v) is 7.69. The molecule has 2 heterocycles. The Morgan fingerprint density at radius 1 is 0.897 bits per heavy atom. The lowest BCUT2D eigenvalue weighted by molar-refractivity contribution is -0.143. The van der Waals surface area contributed by atoms with Gasteiger partial charge in [0.1, 0.15) is 6.33 Å². The topological polar surface area (TPSA) is 93.6 Å². The molecule has 29 heavy (non-hydrogen) atoms. The number of amidine groups is 1. The van der Waals surface area contributed by atoms with Crippen molar-refractivity contribution in [1.82, 2.24) is 9.97 Å². The average Bonchev–Trinajstić information content (AvgIpc) is 3.10. The first-order valence-electron chi connectivity index (χ1n) is 7.69. The molecule has 0 saturated heterocycles. The molecule has 0 spiro atoms. The Morgan fingerprint density at radius 3 is 1.93 bits per heavy atom. The summed E-state index contributed by atoms with van der Waals surface area (Å²) in [5, 5.41) is 0. The van der Waals surface area contributed by atoms with Crippen molar-refractivity contribution in [3.63, 3.8) is 0 Å². The van der Waals surface area contributed by atoms with E-state index in [9.17, 15) is 31.1 Å². The number of alkyl halides is 6. The molecule has 2 N–H and O–H groups in total. The van der Waals surface area contributed by atoms with Crippen LogP contribution < -0.4 is 5.73 Å². The van der Waals surface area contributed by atoms with Gasteiger partial charge in [-0.05, 0) is 18.2 Å². The monoisotopic (exact) mass is 413 g/mol. The van der Waals surface area contributed by atoms with E-state index < -0.39 is 40.8 Å². The number of halogens is 6. The lowest BCUT2D eigenvalue weighted by Crippen LogP contribution is -2.15. The molecule has 0 radical (unpaired) electrons. The number of primary amides is 1. The largest absolute Gasteiger partial charge is 0.416 e. The molecule has 1 amide bonds. The Balaban J connectivity index is 2.15. The van der Waals surface area contributed by atoms with Gasteiger partial charge < -0.3 is 5.73 Å². The number of benzene rings is 1. The number of rotatable bonds is 3. The fourth-order valence-electron chi connectivity index (χ4n) is 2.48. The van der Waals surface area contributed by atoms with Gasteiger partial charge in [0.2, 0.25) is 0 Å². The molecule has 0 atom stereocenters. The molecule has 1 aromatic carbocycles. The van der Waals surface area contributed by atoms with Crippen LogP contribution >= 0.6 is 0 Å². The van der Waals surface area contributed by atoms with Crippen LogP contribution in [0.25, 0.3) is 5.57 Å². The second kappa shape index (κ2) is 7.11. The van der Waals surface area contributed by atoms with Gasteiger partial charge in [-0.1, -0.05) is 0 Å². The van der Waals surface area contributed by atoms with Crippen molar-refractivity contribution in [2.75, 3.05) is 0 Å². The van der Waals surface area contributed by atoms with E-state index in [4.69, 9.17) is 5.73 Å². The minimum Gasteiger partial charge on any atom is -0.366 e. The highest BCUT2D eigenvalue weighted by Crippen LogP contribution is 2.37.